The maximum Gasteiger partial charge on any atom is 0.151 e. The average molecular weight is 291 g/mol. The molecule has 0 unspecified atom stereocenters. The first kappa shape index (κ1) is 15.7. The Morgan fingerprint density at radius 1 is 1.19 bits per heavy atom. The minimum Gasteiger partial charge on any atom is -0.382 e. The summed E-state index contributed by atoms with van der Waals surface area (Å²) in [5, 5.41) is 0. The normalized spacial score (nSPS) is 11.4. The van der Waals surface area contributed by atoms with Crippen molar-refractivity contribution in [2.45, 2.75) is 40.2 Å². The highest BCUT2D eigenvalue weighted by Gasteiger charge is 2.16. The number of hydrogen-bond acceptors (Lipinski definition) is 5. The van der Waals surface area contributed by atoms with Crippen LogP contribution < -0.4 is 11.5 Å². The number of fused-ring (bicyclic) bond motifs is 1. The molecule has 2 aromatic rings. The van der Waals surface area contributed by atoms with Gasteiger partial charge in [-0.1, -0.05) is 6.92 Å². The Hall–Kier alpha value is -1.66. The fourth-order valence-corrected chi connectivity index (χ4v) is 2.54. The van der Waals surface area contributed by atoms with Crippen molar-refractivity contribution in [1.82, 2.24) is 14.5 Å². The van der Waals surface area contributed by atoms with Crippen molar-refractivity contribution < 1.29 is 4.74 Å². The summed E-state index contributed by atoms with van der Waals surface area (Å²) in [5.41, 5.74) is 15.5. The molecule has 2 aromatic heterocycles. The number of nitrogens with zero attached hydrogens (tertiary/aromatic N) is 3. The lowest BCUT2D eigenvalue weighted by Gasteiger charge is -2.11. The van der Waals surface area contributed by atoms with E-state index >= 15 is 0 Å². The molecular weight excluding hydrogens is 266 g/mol. The minimum absolute atomic E-state index is 0.507. The van der Waals surface area contributed by atoms with Crippen molar-refractivity contribution in [3.8, 4) is 0 Å². The monoisotopic (exact) mass is 291 g/mol. The number of pyridine rings is 1. The van der Waals surface area contributed by atoms with Crippen LogP contribution >= 0.6 is 0 Å². The number of rotatable bonds is 7. The van der Waals surface area contributed by atoms with Gasteiger partial charge in [0.2, 0.25) is 0 Å². The molecule has 0 saturated carbocycles. The fourth-order valence-electron chi connectivity index (χ4n) is 2.54. The molecule has 0 aliphatic heterocycles. The van der Waals surface area contributed by atoms with E-state index in [2.05, 4.69) is 23.4 Å². The lowest BCUT2D eigenvalue weighted by atomic mass is 10.2. The SMILES string of the molecule is CCCc1nc2c(N)nc(C)c(C)c2n1CCOCCN. The molecule has 0 aromatic carbocycles. The number of hydrogen-bond donors (Lipinski definition) is 2. The first-order chi connectivity index (χ1) is 10.1. The maximum atomic E-state index is 6.05. The predicted molar refractivity (Wildman–Crippen MR) is 85.3 cm³/mol. The Labute approximate surface area is 125 Å². The number of aryl methyl sites for hydroxylation is 3. The number of nitrogens with two attached hydrogens (primary N) is 2. The quantitative estimate of drug-likeness (QED) is 0.755. The molecule has 116 valence electrons. The van der Waals surface area contributed by atoms with E-state index in [1.165, 1.54) is 0 Å². The Kier molecular flexibility index (Phi) is 5.14. The standard InChI is InChI=1S/C15H25N5O/c1-4-5-12-19-13-14(10(2)11(3)18-15(13)17)20(12)7-9-21-8-6-16/h4-9,16H2,1-3H3,(H2,17,18). The highest BCUT2D eigenvalue weighted by Crippen LogP contribution is 2.26. The van der Waals surface area contributed by atoms with Gasteiger partial charge in [0, 0.05) is 25.2 Å². The van der Waals surface area contributed by atoms with Crippen LogP contribution in [0.2, 0.25) is 0 Å². The highest BCUT2D eigenvalue weighted by molar-refractivity contribution is 5.88. The van der Waals surface area contributed by atoms with Gasteiger partial charge in [0.05, 0.1) is 18.7 Å². The van der Waals surface area contributed by atoms with E-state index in [0.717, 1.165) is 47.5 Å². The van der Waals surface area contributed by atoms with Crippen molar-refractivity contribution in [3.63, 3.8) is 0 Å². The van der Waals surface area contributed by atoms with Crippen LogP contribution in [0, 0.1) is 13.8 Å². The topological polar surface area (TPSA) is 92.0 Å². The van der Waals surface area contributed by atoms with Crippen LogP contribution in [-0.4, -0.2) is 34.3 Å². The van der Waals surface area contributed by atoms with Gasteiger partial charge < -0.3 is 20.8 Å². The zero-order chi connectivity index (χ0) is 15.4. The molecule has 2 rings (SSSR count). The van der Waals surface area contributed by atoms with Gasteiger partial charge in [0.1, 0.15) is 11.3 Å². The number of anilines is 1. The summed E-state index contributed by atoms with van der Waals surface area (Å²) in [7, 11) is 0. The molecule has 0 radical (unpaired) electrons. The zero-order valence-electron chi connectivity index (χ0n) is 13.1. The molecular formula is C15H25N5O. The van der Waals surface area contributed by atoms with Gasteiger partial charge in [0.15, 0.2) is 5.82 Å². The Balaban J connectivity index is 2.45. The van der Waals surface area contributed by atoms with Gasteiger partial charge in [-0.15, -0.1) is 0 Å². The van der Waals surface area contributed by atoms with E-state index in [4.69, 9.17) is 21.2 Å². The van der Waals surface area contributed by atoms with Crippen LogP contribution in [0.15, 0.2) is 0 Å². The molecule has 6 heteroatoms. The fraction of sp³-hybridized carbons (Fsp3) is 0.600. The second-order valence-electron chi connectivity index (χ2n) is 5.24. The van der Waals surface area contributed by atoms with Crippen molar-refractivity contribution >= 4 is 16.9 Å². The molecule has 0 atom stereocenters. The van der Waals surface area contributed by atoms with Crippen molar-refractivity contribution in [3.05, 3.63) is 17.1 Å². The molecule has 0 aliphatic rings. The predicted octanol–water partition coefficient (Wildman–Crippen LogP) is 1.56. The summed E-state index contributed by atoms with van der Waals surface area (Å²) in [5.74, 6) is 1.55. The van der Waals surface area contributed by atoms with Gasteiger partial charge in [0.25, 0.3) is 0 Å². The van der Waals surface area contributed by atoms with E-state index < -0.39 is 0 Å². The summed E-state index contributed by atoms with van der Waals surface area (Å²) in [6.45, 7) is 8.70. The van der Waals surface area contributed by atoms with E-state index in [0.29, 0.717) is 25.6 Å². The number of aromatic nitrogens is 3. The number of imidazole rings is 1. The zero-order valence-corrected chi connectivity index (χ0v) is 13.1. The van der Waals surface area contributed by atoms with E-state index in [9.17, 15) is 0 Å². The van der Waals surface area contributed by atoms with Gasteiger partial charge in [-0.3, -0.25) is 0 Å². The third kappa shape index (κ3) is 3.16. The molecule has 21 heavy (non-hydrogen) atoms. The molecule has 0 aliphatic carbocycles. The smallest absolute Gasteiger partial charge is 0.151 e. The van der Waals surface area contributed by atoms with Crippen LogP contribution in [0.4, 0.5) is 5.82 Å². The first-order valence-corrected chi connectivity index (χ1v) is 7.49. The minimum atomic E-state index is 0.507. The lowest BCUT2D eigenvalue weighted by Crippen LogP contribution is -2.14. The Morgan fingerprint density at radius 2 is 1.95 bits per heavy atom. The Morgan fingerprint density at radius 3 is 2.62 bits per heavy atom. The lowest BCUT2D eigenvalue weighted by molar-refractivity contribution is 0.133. The van der Waals surface area contributed by atoms with Gasteiger partial charge in [-0.25, -0.2) is 9.97 Å². The molecule has 0 fully saturated rings. The van der Waals surface area contributed by atoms with Crippen LogP contribution in [0.1, 0.15) is 30.4 Å². The second kappa shape index (κ2) is 6.87. The van der Waals surface area contributed by atoms with Gasteiger partial charge >= 0.3 is 0 Å². The van der Waals surface area contributed by atoms with Crippen molar-refractivity contribution in [2.24, 2.45) is 5.73 Å². The van der Waals surface area contributed by atoms with Crippen LogP contribution in [-0.2, 0) is 17.7 Å². The van der Waals surface area contributed by atoms with Crippen LogP contribution in [0.25, 0.3) is 11.0 Å². The second-order valence-corrected chi connectivity index (χ2v) is 5.24. The van der Waals surface area contributed by atoms with Crippen LogP contribution in [0.3, 0.4) is 0 Å². The molecule has 2 heterocycles. The van der Waals surface area contributed by atoms with Gasteiger partial charge in [-0.2, -0.15) is 0 Å². The van der Waals surface area contributed by atoms with Gasteiger partial charge in [-0.05, 0) is 25.8 Å². The van der Waals surface area contributed by atoms with Crippen molar-refractivity contribution in [2.75, 3.05) is 25.5 Å². The van der Waals surface area contributed by atoms with E-state index in [1.54, 1.807) is 0 Å². The summed E-state index contributed by atoms with van der Waals surface area (Å²) in [6, 6.07) is 0. The molecule has 0 bridgehead atoms. The Bertz CT molecular complexity index is 620. The third-order valence-electron chi connectivity index (χ3n) is 3.67. The maximum absolute atomic E-state index is 6.05. The highest BCUT2D eigenvalue weighted by atomic mass is 16.5. The van der Waals surface area contributed by atoms with Crippen LogP contribution in [0.5, 0.6) is 0 Å². The summed E-state index contributed by atoms with van der Waals surface area (Å²) >= 11 is 0. The number of nitrogen functional groups attached to an aromatic ring is 1. The average Bonchev–Trinajstić information content (AvgIpc) is 2.81. The largest absolute Gasteiger partial charge is 0.382 e. The summed E-state index contributed by atoms with van der Waals surface area (Å²) in [6.07, 6.45) is 1.96. The molecule has 0 saturated heterocycles. The van der Waals surface area contributed by atoms with E-state index in [1.807, 2.05) is 6.92 Å². The van der Waals surface area contributed by atoms with E-state index in [-0.39, 0.29) is 0 Å². The third-order valence-corrected chi connectivity index (χ3v) is 3.67. The van der Waals surface area contributed by atoms with Crippen molar-refractivity contribution in [1.29, 1.82) is 0 Å². The summed E-state index contributed by atoms with van der Waals surface area (Å²) in [4.78, 5) is 9.08. The molecule has 0 amide bonds. The first-order valence-electron chi connectivity index (χ1n) is 7.49. The molecule has 0 spiro atoms. The number of ether oxygens (including phenoxy) is 1. The molecule has 6 nitrogen and oxygen atoms in total. The summed E-state index contributed by atoms with van der Waals surface area (Å²) < 4.78 is 7.74. The molecule has 4 N–H and O–H groups in total.